The van der Waals surface area contributed by atoms with Gasteiger partial charge >= 0.3 is 5.97 Å². The lowest BCUT2D eigenvalue weighted by atomic mass is 9.97. The number of rotatable bonds is 8. The van der Waals surface area contributed by atoms with Crippen LogP contribution in [-0.4, -0.2) is 23.5 Å². The molecule has 0 radical (unpaired) electrons. The summed E-state index contributed by atoms with van der Waals surface area (Å²) in [5.74, 6) is -0.862. The number of ether oxygens (including phenoxy) is 2. The van der Waals surface area contributed by atoms with Crippen LogP contribution in [0, 0.1) is 12.7 Å². The van der Waals surface area contributed by atoms with Gasteiger partial charge in [-0.05, 0) is 72.6 Å². The molecule has 0 bridgehead atoms. The number of halogens is 1. The average molecular weight is 521 g/mol. The molecule has 1 N–H and O–H groups in total. The molecule has 0 aliphatic rings. The molecule has 1 aromatic heterocycles. The van der Waals surface area contributed by atoms with Crippen LogP contribution in [0.2, 0.25) is 0 Å². The summed E-state index contributed by atoms with van der Waals surface area (Å²) >= 11 is 0. The Bertz CT molecular complexity index is 1620. The number of amides is 1. The molecule has 1 amide bonds. The smallest absolute Gasteiger partial charge is 0.339 e. The van der Waals surface area contributed by atoms with Gasteiger partial charge in [0, 0.05) is 16.6 Å². The summed E-state index contributed by atoms with van der Waals surface area (Å²) in [6, 6.07) is 30.1. The predicted molar refractivity (Wildman–Crippen MR) is 148 cm³/mol. The lowest BCUT2D eigenvalue weighted by molar-refractivity contribution is -0.119. The number of carbonyl (C=O) groups is 2. The Morgan fingerprint density at radius 2 is 1.54 bits per heavy atom. The molecule has 0 unspecified atom stereocenters. The number of fused-ring (bicyclic) bond motifs is 1. The molecular weight excluding hydrogens is 495 g/mol. The molecule has 6 nitrogen and oxygen atoms in total. The minimum absolute atomic E-state index is 0.342. The van der Waals surface area contributed by atoms with Gasteiger partial charge in [-0.15, -0.1) is 0 Å². The fourth-order valence-corrected chi connectivity index (χ4v) is 4.23. The molecule has 7 heteroatoms. The molecule has 4 aromatic carbocycles. The van der Waals surface area contributed by atoms with Crippen molar-refractivity contribution >= 4 is 28.5 Å². The van der Waals surface area contributed by atoms with Gasteiger partial charge in [0.1, 0.15) is 18.2 Å². The van der Waals surface area contributed by atoms with E-state index in [4.69, 9.17) is 14.5 Å². The van der Waals surface area contributed by atoms with Gasteiger partial charge in [-0.3, -0.25) is 4.79 Å². The fourth-order valence-electron chi connectivity index (χ4n) is 4.23. The summed E-state index contributed by atoms with van der Waals surface area (Å²) in [6.45, 7) is 1.77. The molecule has 0 aliphatic heterocycles. The third kappa shape index (κ3) is 6.10. The van der Waals surface area contributed by atoms with Gasteiger partial charge in [-0.25, -0.2) is 14.2 Å². The monoisotopic (exact) mass is 520 g/mol. The fraction of sp³-hybridized carbons (Fsp3) is 0.0938. The van der Waals surface area contributed by atoms with Crippen LogP contribution in [0.15, 0.2) is 103 Å². The summed E-state index contributed by atoms with van der Waals surface area (Å²) < 4.78 is 24.4. The van der Waals surface area contributed by atoms with Crippen molar-refractivity contribution in [2.75, 3.05) is 11.9 Å². The minimum Gasteiger partial charge on any atom is -0.489 e. The third-order valence-corrected chi connectivity index (χ3v) is 6.18. The Kier molecular flexibility index (Phi) is 7.59. The summed E-state index contributed by atoms with van der Waals surface area (Å²) in [5, 5.41) is 3.21. The first-order valence-corrected chi connectivity index (χ1v) is 12.4. The highest BCUT2D eigenvalue weighted by Crippen LogP contribution is 2.31. The first kappa shape index (κ1) is 25.6. The molecule has 39 heavy (non-hydrogen) atoms. The van der Waals surface area contributed by atoms with E-state index in [9.17, 15) is 14.0 Å². The molecule has 5 rings (SSSR count). The Morgan fingerprint density at radius 3 is 2.28 bits per heavy atom. The summed E-state index contributed by atoms with van der Waals surface area (Å²) in [4.78, 5) is 30.4. The van der Waals surface area contributed by atoms with Gasteiger partial charge in [0.25, 0.3) is 5.91 Å². The zero-order valence-electron chi connectivity index (χ0n) is 21.2. The van der Waals surface area contributed by atoms with Crippen LogP contribution >= 0.6 is 0 Å². The standard InChI is InChI=1S/C32H25FN2O4/c1-21-30(32(37)39-20-29(36)34-25-15-13-24(33)14-16-25)27-9-5-6-10-28(27)35-31(21)23-11-17-26(18-12-23)38-19-22-7-3-2-4-8-22/h2-18H,19-20H2,1H3,(H,34,36). The van der Waals surface area contributed by atoms with Crippen molar-refractivity contribution in [3.8, 4) is 17.0 Å². The number of hydrogen-bond acceptors (Lipinski definition) is 5. The molecule has 194 valence electrons. The van der Waals surface area contributed by atoms with Crippen LogP contribution in [0.3, 0.4) is 0 Å². The van der Waals surface area contributed by atoms with Crippen LogP contribution in [0.25, 0.3) is 22.2 Å². The number of esters is 1. The van der Waals surface area contributed by atoms with Gasteiger partial charge in [0.05, 0.1) is 16.8 Å². The van der Waals surface area contributed by atoms with Crippen molar-refractivity contribution < 1.29 is 23.5 Å². The van der Waals surface area contributed by atoms with Crippen molar-refractivity contribution in [1.29, 1.82) is 0 Å². The topological polar surface area (TPSA) is 77.5 Å². The van der Waals surface area contributed by atoms with E-state index in [1.54, 1.807) is 6.07 Å². The molecule has 1 heterocycles. The van der Waals surface area contributed by atoms with Crippen LogP contribution in [-0.2, 0) is 16.1 Å². The van der Waals surface area contributed by atoms with E-state index >= 15 is 0 Å². The van der Waals surface area contributed by atoms with E-state index in [0.717, 1.165) is 11.1 Å². The third-order valence-electron chi connectivity index (χ3n) is 6.18. The lowest BCUT2D eigenvalue weighted by Crippen LogP contribution is -2.21. The number of benzene rings is 4. The highest BCUT2D eigenvalue weighted by Gasteiger charge is 2.21. The van der Waals surface area contributed by atoms with E-state index in [0.29, 0.717) is 45.8 Å². The lowest BCUT2D eigenvalue weighted by Gasteiger charge is -2.15. The average Bonchev–Trinajstić information content (AvgIpc) is 2.96. The number of aromatic nitrogens is 1. The predicted octanol–water partition coefficient (Wildman–Crippen LogP) is 6.72. The molecule has 0 saturated carbocycles. The number of nitrogens with one attached hydrogen (secondary N) is 1. The quantitative estimate of drug-likeness (QED) is 0.230. The van der Waals surface area contributed by atoms with E-state index < -0.39 is 24.3 Å². The first-order chi connectivity index (χ1) is 19.0. The van der Waals surface area contributed by atoms with Crippen molar-refractivity contribution in [1.82, 2.24) is 4.98 Å². The van der Waals surface area contributed by atoms with E-state index in [2.05, 4.69) is 5.32 Å². The maximum Gasteiger partial charge on any atom is 0.339 e. The van der Waals surface area contributed by atoms with Gasteiger partial charge in [0.15, 0.2) is 6.61 Å². The zero-order chi connectivity index (χ0) is 27.2. The second-order valence-electron chi connectivity index (χ2n) is 8.91. The van der Waals surface area contributed by atoms with E-state index in [-0.39, 0.29) is 0 Å². The molecule has 0 saturated heterocycles. The molecule has 0 fully saturated rings. The van der Waals surface area contributed by atoms with Crippen molar-refractivity contribution in [2.45, 2.75) is 13.5 Å². The summed E-state index contributed by atoms with van der Waals surface area (Å²) in [7, 11) is 0. The van der Waals surface area contributed by atoms with E-state index in [1.807, 2.05) is 79.7 Å². The number of anilines is 1. The van der Waals surface area contributed by atoms with Gasteiger partial charge < -0.3 is 14.8 Å². The van der Waals surface area contributed by atoms with Crippen molar-refractivity contribution in [2.24, 2.45) is 0 Å². The highest BCUT2D eigenvalue weighted by molar-refractivity contribution is 6.07. The molecule has 0 spiro atoms. The minimum atomic E-state index is -0.635. The van der Waals surface area contributed by atoms with Crippen LogP contribution in [0.1, 0.15) is 21.5 Å². The highest BCUT2D eigenvalue weighted by atomic mass is 19.1. The number of nitrogens with zero attached hydrogens (tertiary/aromatic N) is 1. The second-order valence-corrected chi connectivity index (χ2v) is 8.91. The Morgan fingerprint density at radius 1 is 0.846 bits per heavy atom. The molecule has 0 atom stereocenters. The molecule has 5 aromatic rings. The van der Waals surface area contributed by atoms with Crippen molar-refractivity contribution in [3.63, 3.8) is 0 Å². The Labute approximate surface area is 225 Å². The Hall–Kier alpha value is -5.04. The van der Waals surface area contributed by atoms with Gasteiger partial charge in [-0.1, -0.05) is 48.5 Å². The van der Waals surface area contributed by atoms with Crippen LogP contribution in [0.4, 0.5) is 10.1 Å². The number of para-hydroxylation sites is 1. The summed E-state index contributed by atoms with van der Waals surface area (Å²) in [5.41, 5.74) is 4.53. The van der Waals surface area contributed by atoms with Crippen LogP contribution < -0.4 is 10.1 Å². The van der Waals surface area contributed by atoms with Crippen molar-refractivity contribution in [3.05, 3.63) is 126 Å². The molecular formula is C32H25FN2O4. The maximum absolute atomic E-state index is 13.2. The van der Waals surface area contributed by atoms with E-state index in [1.165, 1.54) is 24.3 Å². The number of pyridine rings is 1. The first-order valence-electron chi connectivity index (χ1n) is 12.4. The normalized spacial score (nSPS) is 10.7. The number of carbonyl (C=O) groups excluding carboxylic acids is 2. The number of hydrogen-bond donors (Lipinski definition) is 1. The largest absolute Gasteiger partial charge is 0.489 e. The zero-order valence-corrected chi connectivity index (χ0v) is 21.2. The molecule has 0 aliphatic carbocycles. The second kappa shape index (κ2) is 11.6. The van der Waals surface area contributed by atoms with Crippen LogP contribution in [0.5, 0.6) is 5.75 Å². The SMILES string of the molecule is Cc1c(-c2ccc(OCc3ccccc3)cc2)nc2ccccc2c1C(=O)OCC(=O)Nc1ccc(F)cc1. The van der Waals surface area contributed by atoms with Gasteiger partial charge in [-0.2, -0.15) is 0 Å². The maximum atomic E-state index is 13.2. The Balaban J connectivity index is 1.35. The van der Waals surface area contributed by atoms with Gasteiger partial charge in [0.2, 0.25) is 0 Å². The summed E-state index contributed by atoms with van der Waals surface area (Å²) in [6.07, 6.45) is 0.